The van der Waals surface area contributed by atoms with Gasteiger partial charge in [0.1, 0.15) is 0 Å². The van der Waals surface area contributed by atoms with E-state index in [2.05, 4.69) is 15.2 Å². The average Bonchev–Trinajstić information content (AvgIpc) is 2.47. The van der Waals surface area contributed by atoms with Crippen molar-refractivity contribution in [3.63, 3.8) is 0 Å². The van der Waals surface area contributed by atoms with Crippen LogP contribution >= 0.6 is 0 Å². The first-order chi connectivity index (χ1) is 9.29. The summed E-state index contributed by atoms with van der Waals surface area (Å²) in [6, 6.07) is 8.44. The van der Waals surface area contributed by atoms with E-state index < -0.39 is 0 Å². The number of nitrogens with one attached hydrogen (secondary N) is 1. The molecule has 1 aliphatic rings. The van der Waals surface area contributed by atoms with E-state index in [1.54, 1.807) is 0 Å². The van der Waals surface area contributed by atoms with E-state index in [0.717, 1.165) is 42.5 Å². The van der Waals surface area contributed by atoms with Crippen LogP contribution in [0.3, 0.4) is 0 Å². The molecule has 0 atom stereocenters. The Hall–Kier alpha value is -1.81. The van der Waals surface area contributed by atoms with Crippen molar-refractivity contribution in [2.24, 2.45) is 0 Å². The van der Waals surface area contributed by atoms with Gasteiger partial charge in [-0.25, -0.2) is 0 Å². The Morgan fingerprint density at radius 3 is 2.74 bits per heavy atom. The molecule has 19 heavy (non-hydrogen) atoms. The van der Waals surface area contributed by atoms with Gasteiger partial charge >= 0.3 is 0 Å². The Bertz CT molecular complexity index is 577. The van der Waals surface area contributed by atoms with Crippen LogP contribution in [0.25, 0.3) is 10.9 Å². The smallest absolute Gasteiger partial charge is 0.220 e. The Morgan fingerprint density at radius 2 is 2.00 bits per heavy atom. The topological polar surface area (TPSA) is 48.1 Å². The molecule has 3 rings (SSSR count). The van der Waals surface area contributed by atoms with Crippen LogP contribution < -0.4 is 10.2 Å². The minimum atomic E-state index is 0.0293. The highest BCUT2D eigenvalue weighted by molar-refractivity contribution is 5.94. The number of para-hydroxylation sites is 1. The number of anilines is 1. The fraction of sp³-hybridized carbons (Fsp3) is 0.400. The number of piperidine rings is 1. The van der Waals surface area contributed by atoms with Crippen molar-refractivity contribution in [3.8, 4) is 5.75 Å². The second-order valence-corrected chi connectivity index (χ2v) is 5.04. The lowest BCUT2D eigenvalue weighted by molar-refractivity contribution is 0.351. The molecule has 1 fully saturated rings. The first kappa shape index (κ1) is 12.2. The molecule has 1 N–H and O–H groups in total. The molecule has 4 nitrogen and oxygen atoms in total. The Balaban J connectivity index is 1.98. The lowest BCUT2D eigenvalue weighted by atomic mass is 10.0. The van der Waals surface area contributed by atoms with Gasteiger partial charge in [-0.15, -0.1) is 0 Å². The molecule has 1 aromatic carbocycles. The molecule has 1 radical (unpaired) electrons. The number of hydrogen-bond donors (Lipinski definition) is 1. The number of rotatable bonds is 2. The van der Waals surface area contributed by atoms with Crippen LogP contribution in [-0.4, -0.2) is 31.2 Å². The maximum Gasteiger partial charge on any atom is 0.220 e. The Morgan fingerprint density at radius 1 is 1.26 bits per heavy atom. The van der Waals surface area contributed by atoms with Gasteiger partial charge < -0.3 is 10.2 Å². The highest BCUT2D eigenvalue weighted by Gasteiger charge is 2.22. The minimum Gasteiger partial charge on any atom is -0.368 e. The van der Waals surface area contributed by atoms with Gasteiger partial charge in [0, 0.05) is 24.5 Å². The van der Waals surface area contributed by atoms with Gasteiger partial charge in [0.05, 0.1) is 17.4 Å². The minimum absolute atomic E-state index is 0.0293. The van der Waals surface area contributed by atoms with Crippen LogP contribution in [0.5, 0.6) is 5.75 Å². The lowest BCUT2D eigenvalue weighted by Crippen LogP contribution is -2.41. The summed E-state index contributed by atoms with van der Waals surface area (Å²) >= 11 is 0. The van der Waals surface area contributed by atoms with E-state index in [1.165, 1.54) is 6.20 Å². The summed E-state index contributed by atoms with van der Waals surface area (Å²) in [4.78, 5) is 6.42. The van der Waals surface area contributed by atoms with E-state index in [4.69, 9.17) is 0 Å². The maximum absolute atomic E-state index is 12.2. The first-order valence-corrected chi connectivity index (χ1v) is 6.76. The molecule has 2 aromatic rings. The van der Waals surface area contributed by atoms with E-state index in [1.807, 2.05) is 31.3 Å². The largest absolute Gasteiger partial charge is 0.368 e. The van der Waals surface area contributed by atoms with Gasteiger partial charge in [-0.3, -0.25) is 10.1 Å². The highest BCUT2D eigenvalue weighted by atomic mass is 16.3. The van der Waals surface area contributed by atoms with Crippen LogP contribution in [0.15, 0.2) is 30.5 Å². The second-order valence-electron chi connectivity index (χ2n) is 5.04. The van der Waals surface area contributed by atoms with Crippen molar-refractivity contribution in [3.05, 3.63) is 30.5 Å². The zero-order valence-corrected chi connectivity index (χ0v) is 11.1. The van der Waals surface area contributed by atoms with Gasteiger partial charge in [-0.2, -0.15) is 0 Å². The van der Waals surface area contributed by atoms with Crippen molar-refractivity contribution in [1.82, 2.24) is 10.3 Å². The molecule has 0 bridgehead atoms. The molecule has 0 aliphatic carbocycles. The van der Waals surface area contributed by atoms with Gasteiger partial charge in [0.15, 0.2) is 0 Å². The fourth-order valence-corrected chi connectivity index (χ4v) is 2.83. The molecule has 1 aromatic heterocycles. The molecular formula is C15H18N3O. The molecule has 2 heterocycles. The van der Waals surface area contributed by atoms with Crippen molar-refractivity contribution in [2.45, 2.75) is 18.9 Å². The normalized spacial score (nSPS) is 17.0. The van der Waals surface area contributed by atoms with Crippen LogP contribution in [0.1, 0.15) is 12.8 Å². The summed E-state index contributed by atoms with van der Waals surface area (Å²) in [5.74, 6) is 0.0293. The fourth-order valence-electron chi connectivity index (χ4n) is 2.83. The number of hydrogen-bond acceptors (Lipinski definition) is 3. The number of nitrogens with zero attached hydrogens (tertiary/aromatic N) is 2. The third-order valence-corrected chi connectivity index (χ3v) is 3.93. The van der Waals surface area contributed by atoms with Crippen molar-refractivity contribution < 1.29 is 5.11 Å². The van der Waals surface area contributed by atoms with Gasteiger partial charge in [0.2, 0.25) is 5.75 Å². The monoisotopic (exact) mass is 256 g/mol. The van der Waals surface area contributed by atoms with E-state index in [-0.39, 0.29) is 5.75 Å². The number of pyridine rings is 1. The van der Waals surface area contributed by atoms with E-state index in [9.17, 15) is 5.11 Å². The summed E-state index contributed by atoms with van der Waals surface area (Å²) in [6.45, 7) is 1.85. The molecule has 0 spiro atoms. The summed E-state index contributed by atoms with van der Waals surface area (Å²) in [7, 11) is 2.00. The quantitative estimate of drug-likeness (QED) is 0.898. The standard InChI is InChI=1S/C15H18N3O/c1-16-11-6-8-18(9-7-11)15-12-4-2-3-5-13(12)17-10-14(15)19/h2-5,10-11,16H,6-9H2,1H3. The third-order valence-electron chi connectivity index (χ3n) is 3.93. The highest BCUT2D eigenvalue weighted by Crippen LogP contribution is 2.35. The number of benzene rings is 1. The van der Waals surface area contributed by atoms with Crippen molar-refractivity contribution in [2.75, 3.05) is 25.0 Å². The van der Waals surface area contributed by atoms with Gasteiger partial charge in [-0.05, 0) is 26.0 Å². The molecule has 4 heteroatoms. The van der Waals surface area contributed by atoms with Crippen LogP contribution in [0.2, 0.25) is 0 Å². The molecular weight excluding hydrogens is 238 g/mol. The second kappa shape index (κ2) is 5.05. The van der Waals surface area contributed by atoms with Crippen LogP contribution in [0, 0.1) is 0 Å². The van der Waals surface area contributed by atoms with E-state index in [0.29, 0.717) is 6.04 Å². The van der Waals surface area contributed by atoms with E-state index >= 15 is 0 Å². The molecule has 0 amide bonds. The zero-order valence-electron chi connectivity index (χ0n) is 11.1. The summed E-state index contributed by atoms with van der Waals surface area (Å²) in [5.41, 5.74) is 1.72. The molecule has 1 aliphatic heterocycles. The van der Waals surface area contributed by atoms with Gasteiger partial charge in [-0.1, -0.05) is 18.2 Å². The van der Waals surface area contributed by atoms with Crippen molar-refractivity contribution in [1.29, 1.82) is 0 Å². The first-order valence-electron chi connectivity index (χ1n) is 6.76. The Kier molecular flexibility index (Phi) is 3.25. The summed E-state index contributed by atoms with van der Waals surface area (Å²) < 4.78 is 0. The van der Waals surface area contributed by atoms with Crippen LogP contribution in [0.4, 0.5) is 5.69 Å². The number of aromatic nitrogens is 1. The summed E-state index contributed by atoms with van der Waals surface area (Å²) in [6.07, 6.45) is 3.60. The van der Waals surface area contributed by atoms with Crippen molar-refractivity contribution >= 4 is 16.6 Å². The lowest BCUT2D eigenvalue weighted by Gasteiger charge is -2.33. The molecule has 0 saturated carbocycles. The average molecular weight is 256 g/mol. The van der Waals surface area contributed by atoms with Crippen LogP contribution in [-0.2, 0) is 5.11 Å². The molecule has 1 saturated heterocycles. The third kappa shape index (κ3) is 2.24. The zero-order chi connectivity index (χ0) is 13.2. The number of fused-ring (bicyclic) bond motifs is 1. The van der Waals surface area contributed by atoms with Gasteiger partial charge in [0.25, 0.3) is 0 Å². The predicted octanol–water partition coefficient (Wildman–Crippen LogP) is 2.57. The molecule has 0 unspecified atom stereocenters. The molecule has 99 valence electrons. The summed E-state index contributed by atoms with van der Waals surface area (Å²) in [5, 5.41) is 16.4. The SMILES string of the molecule is CNC1CCN(c2c([O])cnc3ccccc23)CC1. The maximum atomic E-state index is 12.2. The Labute approximate surface area is 113 Å². The predicted molar refractivity (Wildman–Crippen MR) is 76.2 cm³/mol.